The Bertz CT molecular complexity index is 656. The van der Waals surface area contributed by atoms with E-state index < -0.39 is 21.3 Å². The summed E-state index contributed by atoms with van der Waals surface area (Å²) >= 11 is 6.32. The predicted molar refractivity (Wildman–Crippen MR) is 63.0 cm³/mol. The molecule has 0 bridgehead atoms. The molecular formula is C8H7ClFN3O2S2. The molecule has 1 aromatic carbocycles. The van der Waals surface area contributed by atoms with E-state index in [9.17, 15) is 12.8 Å². The first-order valence-electron chi connectivity index (χ1n) is 4.49. The number of aromatic nitrogens is 2. The molecule has 92 valence electrons. The van der Waals surface area contributed by atoms with Crippen LogP contribution in [0.4, 0.5) is 4.39 Å². The zero-order chi connectivity index (χ0) is 12.6. The van der Waals surface area contributed by atoms with Crippen molar-refractivity contribution >= 4 is 44.4 Å². The molecule has 0 aliphatic rings. The molecule has 17 heavy (non-hydrogen) atoms. The van der Waals surface area contributed by atoms with Crippen LogP contribution in [0.3, 0.4) is 0 Å². The van der Waals surface area contributed by atoms with Gasteiger partial charge in [-0.25, -0.2) is 12.8 Å². The van der Waals surface area contributed by atoms with Gasteiger partial charge in [-0.15, -0.1) is 11.6 Å². The van der Waals surface area contributed by atoms with Crippen molar-refractivity contribution in [1.29, 1.82) is 0 Å². The maximum absolute atomic E-state index is 13.3. The van der Waals surface area contributed by atoms with Crippen molar-refractivity contribution in [3.05, 3.63) is 17.9 Å². The second kappa shape index (κ2) is 4.45. The highest BCUT2D eigenvalue weighted by Gasteiger charge is 2.22. The van der Waals surface area contributed by atoms with Crippen LogP contribution < -0.4 is 4.72 Å². The fraction of sp³-hybridized carbons (Fsp3) is 0.250. The van der Waals surface area contributed by atoms with Gasteiger partial charge in [0.2, 0.25) is 10.0 Å². The van der Waals surface area contributed by atoms with Crippen LogP contribution in [0.1, 0.15) is 6.92 Å². The average molecular weight is 296 g/mol. The zero-order valence-electron chi connectivity index (χ0n) is 8.52. The van der Waals surface area contributed by atoms with E-state index in [0.29, 0.717) is 0 Å². The van der Waals surface area contributed by atoms with E-state index in [1.807, 2.05) is 0 Å². The Kier molecular flexibility index (Phi) is 3.30. The van der Waals surface area contributed by atoms with Crippen molar-refractivity contribution in [3.63, 3.8) is 0 Å². The summed E-state index contributed by atoms with van der Waals surface area (Å²) in [6.07, 6.45) is 0. The summed E-state index contributed by atoms with van der Waals surface area (Å²) in [4.78, 5) is -0.129. The average Bonchev–Trinajstić information content (AvgIpc) is 2.64. The first-order chi connectivity index (χ1) is 7.92. The van der Waals surface area contributed by atoms with Gasteiger partial charge in [0.05, 0.1) is 17.2 Å². The summed E-state index contributed by atoms with van der Waals surface area (Å²) in [6, 6.07) is 2.18. The van der Waals surface area contributed by atoms with Gasteiger partial charge >= 0.3 is 0 Å². The number of benzene rings is 1. The third-order valence-corrected chi connectivity index (χ3v) is 4.28. The molecule has 1 N–H and O–H groups in total. The summed E-state index contributed by atoms with van der Waals surface area (Å²) in [5, 5.41) is 0. The highest BCUT2D eigenvalue weighted by molar-refractivity contribution is 7.89. The molecule has 0 aliphatic heterocycles. The maximum Gasteiger partial charge on any atom is 0.244 e. The van der Waals surface area contributed by atoms with Crippen LogP contribution in [0, 0.1) is 5.82 Å². The lowest BCUT2D eigenvalue weighted by Gasteiger charge is -2.08. The summed E-state index contributed by atoms with van der Waals surface area (Å²) in [6.45, 7) is 1.47. The molecule has 1 heterocycles. The van der Waals surface area contributed by atoms with E-state index in [2.05, 4.69) is 13.5 Å². The third-order valence-electron chi connectivity index (χ3n) is 1.94. The number of nitrogens with zero attached hydrogens (tertiary/aromatic N) is 2. The lowest BCUT2D eigenvalue weighted by molar-refractivity contribution is 0.581. The standard InChI is InChI=1S/C8H7ClFN3O2S2/c1-4(9)13-17(14,15)6-3-2-5(10)7-8(6)12-16-11-7/h2-4,13H,1H3. The van der Waals surface area contributed by atoms with Crippen molar-refractivity contribution in [2.45, 2.75) is 17.3 Å². The largest absolute Gasteiger partial charge is 0.244 e. The van der Waals surface area contributed by atoms with Gasteiger partial charge in [0.15, 0.2) is 5.82 Å². The van der Waals surface area contributed by atoms with Crippen molar-refractivity contribution in [1.82, 2.24) is 13.5 Å². The molecule has 0 amide bonds. The second-order valence-corrected chi connectivity index (χ2v) is 6.11. The van der Waals surface area contributed by atoms with E-state index in [4.69, 9.17) is 11.6 Å². The highest BCUT2D eigenvalue weighted by Crippen LogP contribution is 2.23. The van der Waals surface area contributed by atoms with Crippen molar-refractivity contribution in [3.8, 4) is 0 Å². The van der Waals surface area contributed by atoms with E-state index in [1.54, 1.807) is 0 Å². The topological polar surface area (TPSA) is 72.0 Å². The van der Waals surface area contributed by atoms with Gasteiger partial charge in [-0.1, -0.05) is 0 Å². The van der Waals surface area contributed by atoms with Crippen LogP contribution in [0.2, 0.25) is 0 Å². The van der Waals surface area contributed by atoms with Gasteiger partial charge in [-0.05, 0) is 19.1 Å². The predicted octanol–water partition coefficient (Wildman–Crippen LogP) is 1.69. The minimum absolute atomic E-state index is 0.0137. The summed E-state index contributed by atoms with van der Waals surface area (Å²) < 4.78 is 46.8. The van der Waals surface area contributed by atoms with Gasteiger partial charge in [0.1, 0.15) is 15.9 Å². The van der Waals surface area contributed by atoms with Gasteiger partial charge < -0.3 is 0 Å². The Morgan fingerprint density at radius 1 is 1.41 bits per heavy atom. The SMILES string of the molecule is CC(Cl)NS(=O)(=O)c1ccc(F)c2nsnc12. The quantitative estimate of drug-likeness (QED) is 0.691. The van der Waals surface area contributed by atoms with E-state index in [1.165, 1.54) is 6.92 Å². The number of alkyl halides is 1. The number of halogens is 2. The Balaban J connectivity index is 2.64. The van der Waals surface area contributed by atoms with E-state index in [0.717, 1.165) is 23.9 Å². The van der Waals surface area contributed by atoms with Crippen molar-refractivity contribution < 1.29 is 12.8 Å². The molecule has 2 aromatic rings. The lowest BCUT2D eigenvalue weighted by atomic mass is 10.3. The first kappa shape index (κ1) is 12.6. The Labute approximate surface area is 106 Å². The fourth-order valence-corrected chi connectivity index (χ4v) is 3.48. The molecule has 1 aromatic heterocycles. The summed E-state index contributed by atoms with van der Waals surface area (Å²) in [5.41, 5.74) is -0.813. The van der Waals surface area contributed by atoms with Gasteiger partial charge in [-0.3, -0.25) is 0 Å². The number of hydrogen-bond donors (Lipinski definition) is 1. The molecule has 5 nitrogen and oxygen atoms in total. The number of hydrogen-bond acceptors (Lipinski definition) is 5. The number of fused-ring (bicyclic) bond motifs is 1. The van der Waals surface area contributed by atoms with Crippen LogP contribution in [0.25, 0.3) is 11.0 Å². The van der Waals surface area contributed by atoms with Crippen molar-refractivity contribution in [2.75, 3.05) is 0 Å². The lowest BCUT2D eigenvalue weighted by Crippen LogP contribution is -2.28. The molecular weight excluding hydrogens is 289 g/mol. The number of sulfonamides is 1. The Morgan fingerprint density at radius 3 is 2.71 bits per heavy atom. The zero-order valence-corrected chi connectivity index (χ0v) is 10.9. The summed E-state index contributed by atoms with van der Waals surface area (Å²) in [7, 11) is -3.82. The highest BCUT2D eigenvalue weighted by atomic mass is 35.5. The minimum Gasteiger partial charge on any atom is -0.207 e. The maximum atomic E-state index is 13.3. The molecule has 0 radical (unpaired) electrons. The van der Waals surface area contributed by atoms with Crippen molar-refractivity contribution in [2.24, 2.45) is 0 Å². The minimum atomic E-state index is -3.82. The van der Waals surface area contributed by atoms with Gasteiger partial charge in [0, 0.05) is 0 Å². The first-order valence-corrected chi connectivity index (χ1v) is 7.14. The number of nitrogens with one attached hydrogen (secondary N) is 1. The van der Waals surface area contributed by atoms with Crippen LogP contribution in [-0.2, 0) is 10.0 Å². The second-order valence-electron chi connectivity index (χ2n) is 3.24. The third kappa shape index (κ3) is 2.39. The molecule has 0 aliphatic carbocycles. The molecule has 9 heteroatoms. The molecule has 1 unspecified atom stereocenters. The normalized spacial score (nSPS) is 14.1. The van der Waals surface area contributed by atoms with Crippen LogP contribution in [-0.4, -0.2) is 22.7 Å². The van der Waals surface area contributed by atoms with Crippen LogP contribution >= 0.6 is 23.3 Å². The summed E-state index contributed by atoms with van der Waals surface area (Å²) in [5.74, 6) is -0.605. The number of rotatable bonds is 3. The Hall–Kier alpha value is -0.830. The van der Waals surface area contributed by atoms with Gasteiger partial charge in [-0.2, -0.15) is 13.5 Å². The monoisotopic (exact) mass is 295 g/mol. The molecule has 0 spiro atoms. The fourth-order valence-electron chi connectivity index (χ4n) is 1.31. The van der Waals surface area contributed by atoms with Crippen LogP contribution in [0.5, 0.6) is 0 Å². The van der Waals surface area contributed by atoms with Gasteiger partial charge in [0.25, 0.3) is 0 Å². The molecule has 0 fully saturated rings. The van der Waals surface area contributed by atoms with E-state index in [-0.39, 0.29) is 15.9 Å². The smallest absolute Gasteiger partial charge is 0.207 e. The molecule has 2 rings (SSSR count). The molecule has 1 atom stereocenters. The van der Waals surface area contributed by atoms with E-state index >= 15 is 0 Å². The molecule has 0 saturated heterocycles. The Morgan fingerprint density at radius 2 is 2.06 bits per heavy atom. The van der Waals surface area contributed by atoms with Crippen LogP contribution in [0.15, 0.2) is 17.0 Å². The molecule has 0 saturated carbocycles.